The van der Waals surface area contributed by atoms with Gasteiger partial charge in [-0.25, -0.2) is 24.9 Å². The third kappa shape index (κ3) is 7.76. The molecule has 0 saturated carbocycles. The van der Waals surface area contributed by atoms with E-state index >= 15 is 0 Å². The fourth-order valence-corrected chi connectivity index (χ4v) is 7.44. The predicted molar refractivity (Wildman–Crippen MR) is 244 cm³/mol. The molecule has 0 atom stereocenters. The van der Waals surface area contributed by atoms with Gasteiger partial charge in [0.2, 0.25) is 0 Å². The largest absolute Gasteiger partial charge is 0.248 e. The van der Waals surface area contributed by atoms with Crippen LogP contribution < -0.4 is 0 Å². The second-order valence-electron chi connectivity index (χ2n) is 14.5. The molecule has 0 aliphatic heterocycles. The molecule has 0 radical (unpaired) electrons. The van der Waals surface area contributed by atoms with E-state index in [-0.39, 0.29) is 0 Å². The Hall–Kier alpha value is -8.15. The van der Waals surface area contributed by atoms with Crippen molar-refractivity contribution in [3.63, 3.8) is 0 Å². The van der Waals surface area contributed by atoms with Crippen LogP contribution in [0.4, 0.5) is 0 Å². The summed E-state index contributed by atoms with van der Waals surface area (Å²) in [4.78, 5) is 25.7. The number of aromatic nitrogens is 5. The first-order chi connectivity index (χ1) is 29.7. The monoisotopic (exact) mass is 767 g/mol. The van der Waals surface area contributed by atoms with E-state index < -0.39 is 0 Å². The minimum atomic E-state index is 0.650. The van der Waals surface area contributed by atoms with Crippen molar-refractivity contribution >= 4 is 0 Å². The molecule has 10 rings (SSSR count). The summed E-state index contributed by atoms with van der Waals surface area (Å²) in [6.45, 7) is 0. The van der Waals surface area contributed by atoms with Crippen molar-refractivity contribution in [2.45, 2.75) is 0 Å². The zero-order valence-electron chi connectivity index (χ0n) is 32.6. The molecule has 0 bridgehead atoms. The van der Waals surface area contributed by atoms with Crippen LogP contribution in [0.1, 0.15) is 0 Å². The summed E-state index contributed by atoms with van der Waals surface area (Å²) in [5, 5.41) is 0. The molecule has 0 spiro atoms. The third-order valence-electron chi connectivity index (χ3n) is 10.5. The van der Waals surface area contributed by atoms with Gasteiger partial charge in [-0.15, -0.1) is 0 Å². The van der Waals surface area contributed by atoms with E-state index in [0.717, 1.165) is 89.8 Å². The van der Waals surface area contributed by atoms with Crippen LogP contribution in [0.25, 0.3) is 101 Å². The number of hydrogen-bond donors (Lipinski definition) is 0. The standard InChI is InChI=1S/C55H37N5/c1-6-18-38(19-7-1)48-34-47(43-28-16-30-45(32-43)54-57-50(39-20-8-2-9-21-39)36-51(58-54)40-22-10-3-11-23-40)35-49(56-48)44-29-17-31-46(33-44)55-59-52(41-24-12-4-13-25-41)37-53(60-55)42-26-14-5-15-27-42/h1-37H. The van der Waals surface area contributed by atoms with Crippen LogP contribution in [-0.4, -0.2) is 24.9 Å². The molecule has 0 fully saturated rings. The Kier molecular flexibility index (Phi) is 9.88. The number of benzene rings is 7. The smallest absolute Gasteiger partial charge is 0.160 e. The fraction of sp³-hybridized carbons (Fsp3) is 0. The Morgan fingerprint density at radius 2 is 0.433 bits per heavy atom. The van der Waals surface area contributed by atoms with Gasteiger partial charge in [-0.05, 0) is 47.5 Å². The molecule has 0 unspecified atom stereocenters. The van der Waals surface area contributed by atoms with Crippen LogP contribution >= 0.6 is 0 Å². The lowest BCUT2D eigenvalue weighted by Gasteiger charge is -2.13. The lowest BCUT2D eigenvalue weighted by atomic mass is 9.97. The first-order valence-corrected chi connectivity index (χ1v) is 20.0. The molecule has 5 nitrogen and oxygen atoms in total. The van der Waals surface area contributed by atoms with Crippen LogP contribution in [0.2, 0.25) is 0 Å². The van der Waals surface area contributed by atoms with E-state index in [1.165, 1.54) is 0 Å². The Balaban J connectivity index is 1.09. The minimum Gasteiger partial charge on any atom is -0.248 e. The number of rotatable bonds is 9. The molecular weight excluding hydrogens is 731 g/mol. The van der Waals surface area contributed by atoms with Crippen molar-refractivity contribution in [3.05, 3.63) is 224 Å². The van der Waals surface area contributed by atoms with Crippen molar-refractivity contribution in [2.24, 2.45) is 0 Å². The van der Waals surface area contributed by atoms with E-state index in [9.17, 15) is 0 Å². The highest BCUT2D eigenvalue weighted by molar-refractivity contribution is 5.81. The molecule has 0 N–H and O–H groups in total. The highest BCUT2D eigenvalue weighted by atomic mass is 14.9. The van der Waals surface area contributed by atoms with E-state index in [2.05, 4.69) is 133 Å². The normalized spacial score (nSPS) is 11.0. The maximum atomic E-state index is 5.27. The van der Waals surface area contributed by atoms with E-state index in [4.69, 9.17) is 24.9 Å². The SMILES string of the molecule is c1ccc(-c2cc(-c3cccc(-c4nc(-c5ccccc5)cc(-c5ccccc5)n4)c3)cc(-c3cccc(-c4nc(-c5ccccc5)cc(-c5ccccc5)n4)c3)n2)cc1. The van der Waals surface area contributed by atoms with Gasteiger partial charge >= 0.3 is 0 Å². The topological polar surface area (TPSA) is 64.5 Å². The second-order valence-corrected chi connectivity index (χ2v) is 14.5. The van der Waals surface area contributed by atoms with Gasteiger partial charge in [-0.2, -0.15) is 0 Å². The number of hydrogen-bond acceptors (Lipinski definition) is 5. The molecule has 0 amide bonds. The Labute approximate surface area is 349 Å². The zero-order chi connectivity index (χ0) is 40.1. The van der Waals surface area contributed by atoms with Gasteiger partial charge in [0.1, 0.15) is 0 Å². The highest BCUT2D eigenvalue weighted by Gasteiger charge is 2.16. The summed E-state index contributed by atoms with van der Waals surface area (Å²) >= 11 is 0. The van der Waals surface area contributed by atoms with Gasteiger partial charge in [0.05, 0.1) is 34.2 Å². The Morgan fingerprint density at radius 1 is 0.167 bits per heavy atom. The molecule has 3 heterocycles. The van der Waals surface area contributed by atoms with Crippen LogP contribution in [0.15, 0.2) is 224 Å². The van der Waals surface area contributed by atoms with E-state index in [0.29, 0.717) is 11.6 Å². The van der Waals surface area contributed by atoms with Crippen molar-refractivity contribution in [1.29, 1.82) is 0 Å². The van der Waals surface area contributed by atoms with Gasteiger partial charge in [0, 0.05) is 44.5 Å². The van der Waals surface area contributed by atoms with Crippen LogP contribution in [0, 0.1) is 0 Å². The molecule has 3 aromatic heterocycles. The summed E-state index contributed by atoms with van der Waals surface area (Å²) in [5.74, 6) is 1.31. The lowest BCUT2D eigenvalue weighted by molar-refractivity contribution is 1.18. The molecule has 0 saturated heterocycles. The zero-order valence-corrected chi connectivity index (χ0v) is 32.6. The molecule has 10 aromatic rings. The fourth-order valence-electron chi connectivity index (χ4n) is 7.44. The van der Waals surface area contributed by atoms with Crippen LogP contribution in [0.5, 0.6) is 0 Å². The summed E-state index contributed by atoms with van der Waals surface area (Å²) in [6, 6.07) is 76.7. The summed E-state index contributed by atoms with van der Waals surface area (Å²) < 4.78 is 0. The highest BCUT2D eigenvalue weighted by Crippen LogP contribution is 2.35. The summed E-state index contributed by atoms with van der Waals surface area (Å²) in [7, 11) is 0. The van der Waals surface area contributed by atoms with Crippen LogP contribution in [-0.2, 0) is 0 Å². The van der Waals surface area contributed by atoms with E-state index in [1.807, 2.05) is 91.0 Å². The maximum Gasteiger partial charge on any atom is 0.160 e. The van der Waals surface area contributed by atoms with Crippen LogP contribution in [0.3, 0.4) is 0 Å². The second kappa shape index (κ2) is 16.4. The average Bonchev–Trinajstić information content (AvgIpc) is 3.35. The Morgan fingerprint density at radius 3 is 0.800 bits per heavy atom. The first-order valence-electron chi connectivity index (χ1n) is 20.0. The number of pyridine rings is 1. The molecule has 5 heteroatoms. The summed E-state index contributed by atoms with van der Waals surface area (Å²) in [6.07, 6.45) is 0. The maximum absolute atomic E-state index is 5.27. The number of nitrogens with zero attached hydrogens (tertiary/aromatic N) is 5. The minimum absolute atomic E-state index is 0.650. The van der Waals surface area contributed by atoms with Gasteiger partial charge < -0.3 is 0 Å². The van der Waals surface area contributed by atoms with Crippen molar-refractivity contribution in [1.82, 2.24) is 24.9 Å². The average molecular weight is 768 g/mol. The van der Waals surface area contributed by atoms with Gasteiger partial charge in [0.25, 0.3) is 0 Å². The van der Waals surface area contributed by atoms with Crippen molar-refractivity contribution < 1.29 is 0 Å². The first kappa shape index (κ1) is 36.2. The van der Waals surface area contributed by atoms with Gasteiger partial charge in [-0.1, -0.05) is 188 Å². The van der Waals surface area contributed by atoms with E-state index in [1.54, 1.807) is 0 Å². The van der Waals surface area contributed by atoms with Crippen molar-refractivity contribution in [2.75, 3.05) is 0 Å². The predicted octanol–water partition coefficient (Wildman–Crippen LogP) is 13.7. The quantitative estimate of drug-likeness (QED) is 0.146. The molecule has 0 aliphatic rings. The van der Waals surface area contributed by atoms with Gasteiger partial charge in [-0.3, -0.25) is 0 Å². The molecular formula is C55H37N5. The van der Waals surface area contributed by atoms with Gasteiger partial charge in [0.15, 0.2) is 11.6 Å². The third-order valence-corrected chi connectivity index (χ3v) is 10.5. The lowest BCUT2D eigenvalue weighted by Crippen LogP contribution is -1.97. The van der Waals surface area contributed by atoms with Crippen molar-refractivity contribution in [3.8, 4) is 101 Å². The molecule has 282 valence electrons. The molecule has 0 aliphatic carbocycles. The summed E-state index contributed by atoms with van der Waals surface area (Å²) in [5.41, 5.74) is 15.2. The molecule has 7 aromatic carbocycles. The Bertz CT molecular complexity index is 2760. The molecule has 60 heavy (non-hydrogen) atoms.